The van der Waals surface area contributed by atoms with E-state index in [9.17, 15) is 9.59 Å². The van der Waals surface area contributed by atoms with Crippen LogP contribution in [-0.2, 0) is 11.3 Å². The van der Waals surface area contributed by atoms with Crippen molar-refractivity contribution >= 4 is 37.7 Å². The molecule has 0 unspecified atom stereocenters. The molecule has 3 aromatic heterocycles. The number of rotatable bonds is 2. The number of hydrogen-bond donors (Lipinski definition) is 0. The summed E-state index contributed by atoms with van der Waals surface area (Å²) in [5.74, 6) is 1.45. The van der Waals surface area contributed by atoms with Crippen LogP contribution in [-0.4, -0.2) is 38.4 Å². The van der Waals surface area contributed by atoms with Crippen molar-refractivity contribution in [3.05, 3.63) is 34.0 Å². The summed E-state index contributed by atoms with van der Waals surface area (Å²) >= 11 is 1.38. The number of pyridine rings is 1. The molecule has 0 spiro atoms. The zero-order valence-corrected chi connectivity index (χ0v) is 17.8. The lowest BCUT2D eigenvalue weighted by molar-refractivity contribution is -0.135. The van der Waals surface area contributed by atoms with Gasteiger partial charge in [0.1, 0.15) is 16.1 Å². The highest BCUT2D eigenvalue weighted by molar-refractivity contribution is 7.25. The predicted octanol–water partition coefficient (Wildman–Crippen LogP) is 3.66. The molecular weight excluding hydrogens is 384 g/mol. The Labute approximate surface area is 173 Å². The van der Waals surface area contributed by atoms with Gasteiger partial charge in [0.05, 0.1) is 11.8 Å². The molecule has 1 saturated carbocycles. The Morgan fingerprint density at radius 3 is 2.83 bits per heavy atom. The highest BCUT2D eigenvalue weighted by Crippen LogP contribution is 2.36. The number of likely N-dealkylation sites (tertiary alicyclic amines) is 1. The van der Waals surface area contributed by atoms with Crippen molar-refractivity contribution < 1.29 is 4.79 Å². The molecule has 6 nitrogen and oxygen atoms in total. The maximum absolute atomic E-state index is 13.1. The first kappa shape index (κ1) is 18.7. The van der Waals surface area contributed by atoms with Gasteiger partial charge in [0.15, 0.2) is 0 Å². The van der Waals surface area contributed by atoms with Crippen LogP contribution in [0.25, 0.3) is 20.4 Å². The van der Waals surface area contributed by atoms with Gasteiger partial charge < -0.3 is 4.90 Å². The Kier molecular flexibility index (Phi) is 4.65. The van der Waals surface area contributed by atoms with E-state index < -0.39 is 0 Å². The van der Waals surface area contributed by atoms with Gasteiger partial charge in [-0.25, -0.2) is 9.97 Å². The third kappa shape index (κ3) is 3.25. The first-order valence-corrected chi connectivity index (χ1v) is 11.4. The minimum Gasteiger partial charge on any atom is -0.341 e. The normalized spacial score (nSPS) is 22.2. The lowest BCUT2D eigenvalue weighted by Crippen LogP contribution is -2.46. The zero-order chi connectivity index (χ0) is 20.1. The first-order valence-electron chi connectivity index (χ1n) is 10.5. The van der Waals surface area contributed by atoms with Crippen LogP contribution in [0, 0.1) is 25.7 Å². The van der Waals surface area contributed by atoms with Gasteiger partial charge in [-0.2, -0.15) is 0 Å². The Balaban J connectivity index is 1.42. The summed E-state index contributed by atoms with van der Waals surface area (Å²) in [6, 6.07) is 2.01. The quantitative estimate of drug-likeness (QED) is 0.647. The maximum Gasteiger partial charge on any atom is 0.271 e. The highest BCUT2D eigenvalue weighted by atomic mass is 32.1. The average molecular weight is 411 g/mol. The SMILES string of the molecule is Cc1cc(C)c2c(n1)sc1c(=O)n(CC(=O)N3CC[C@H]4CCCC[C@@H]4C3)cnc12. The van der Waals surface area contributed by atoms with Crippen molar-refractivity contribution in [1.29, 1.82) is 0 Å². The third-order valence-electron chi connectivity index (χ3n) is 6.69. The van der Waals surface area contributed by atoms with Crippen molar-refractivity contribution in [1.82, 2.24) is 19.4 Å². The maximum atomic E-state index is 13.1. The highest BCUT2D eigenvalue weighted by Gasteiger charge is 2.33. The van der Waals surface area contributed by atoms with E-state index in [0.29, 0.717) is 16.1 Å². The summed E-state index contributed by atoms with van der Waals surface area (Å²) in [7, 11) is 0. The van der Waals surface area contributed by atoms with Crippen LogP contribution in [0.5, 0.6) is 0 Å². The lowest BCUT2D eigenvalue weighted by Gasteiger charge is -2.41. The number of piperidine rings is 1. The van der Waals surface area contributed by atoms with E-state index in [4.69, 9.17) is 0 Å². The summed E-state index contributed by atoms with van der Waals surface area (Å²) in [6.45, 7) is 5.71. The molecule has 5 rings (SSSR count). The van der Waals surface area contributed by atoms with Crippen LogP contribution in [0.1, 0.15) is 43.4 Å². The molecular formula is C22H26N4O2S. The number of nitrogens with zero attached hydrogens (tertiary/aromatic N) is 4. The molecule has 1 aliphatic heterocycles. The number of amides is 1. The molecule has 1 aliphatic carbocycles. The Hall–Kier alpha value is -2.28. The molecule has 152 valence electrons. The molecule has 0 N–H and O–H groups in total. The van der Waals surface area contributed by atoms with Gasteiger partial charge in [-0.1, -0.05) is 19.3 Å². The van der Waals surface area contributed by atoms with Crippen molar-refractivity contribution in [2.24, 2.45) is 11.8 Å². The van der Waals surface area contributed by atoms with E-state index in [2.05, 4.69) is 9.97 Å². The fraction of sp³-hybridized carbons (Fsp3) is 0.545. The molecule has 7 heteroatoms. The summed E-state index contributed by atoms with van der Waals surface area (Å²) < 4.78 is 2.05. The summed E-state index contributed by atoms with van der Waals surface area (Å²) in [4.78, 5) is 37.9. The molecule has 0 aromatic carbocycles. The van der Waals surface area contributed by atoms with Gasteiger partial charge in [-0.3, -0.25) is 14.2 Å². The molecule has 2 atom stereocenters. The number of fused-ring (bicyclic) bond motifs is 4. The largest absolute Gasteiger partial charge is 0.341 e. The minimum atomic E-state index is -0.143. The number of carbonyl (C=O) groups excluding carboxylic acids is 1. The minimum absolute atomic E-state index is 0.0311. The van der Waals surface area contributed by atoms with Crippen molar-refractivity contribution in [2.75, 3.05) is 13.1 Å². The second kappa shape index (κ2) is 7.20. The van der Waals surface area contributed by atoms with E-state index >= 15 is 0 Å². The second-order valence-electron chi connectivity index (χ2n) is 8.65. The number of aromatic nitrogens is 3. The topological polar surface area (TPSA) is 68.1 Å². The molecule has 2 fully saturated rings. The van der Waals surface area contributed by atoms with Gasteiger partial charge in [-0.15, -0.1) is 11.3 Å². The van der Waals surface area contributed by atoms with Crippen molar-refractivity contribution in [3.8, 4) is 0 Å². The van der Waals surface area contributed by atoms with Crippen LogP contribution < -0.4 is 5.56 Å². The molecule has 0 bridgehead atoms. The molecule has 29 heavy (non-hydrogen) atoms. The molecule has 0 radical (unpaired) electrons. The van der Waals surface area contributed by atoms with Gasteiger partial charge in [0.25, 0.3) is 5.56 Å². The van der Waals surface area contributed by atoms with Crippen LogP contribution in [0.3, 0.4) is 0 Å². The predicted molar refractivity (Wildman–Crippen MR) is 115 cm³/mol. The molecule has 2 aliphatic rings. The van der Waals surface area contributed by atoms with Crippen LogP contribution >= 0.6 is 11.3 Å². The van der Waals surface area contributed by atoms with Gasteiger partial charge in [0.2, 0.25) is 5.91 Å². The first-order chi connectivity index (χ1) is 14.0. The summed E-state index contributed by atoms with van der Waals surface area (Å²) in [5.41, 5.74) is 2.57. The zero-order valence-electron chi connectivity index (χ0n) is 17.0. The Bertz CT molecular complexity index is 1170. The van der Waals surface area contributed by atoms with Gasteiger partial charge in [-0.05, 0) is 50.2 Å². The van der Waals surface area contributed by atoms with Crippen LogP contribution in [0.15, 0.2) is 17.2 Å². The van der Waals surface area contributed by atoms with Crippen molar-refractivity contribution in [3.63, 3.8) is 0 Å². The molecule has 1 amide bonds. The second-order valence-corrected chi connectivity index (χ2v) is 9.65. The molecule has 1 saturated heterocycles. The van der Waals surface area contributed by atoms with Crippen molar-refractivity contribution in [2.45, 2.75) is 52.5 Å². The fourth-order valence-electron chi connectivity index (χ4n) is 5.19. The molecule has 3 aromatic rings. The smallest absolute Gasteiger partial charge is 0.271 e. The van der Waals surface area contributed by atoms with E-state index in [0.717, 1.165) is 46.9 Å². The molecule has 4 heterocycles. The van der Waals surface area contributed by atoms with E-state index in [1.165, 1.54) is 47.9 Å². The van der Waals surface area contributed by atoms with Gasteiger partial charge >= 0.3 is 0 Å². The van der Waals surface area contributed by atoms with Gasteiger partial charge in [0, 0.05) is 24.2 Å². The Morgan fingerprint density at radius 1 is 1.21 bits per heavy atom. The number of hydrogen-bond acceptors (Lipinski definition) is 5. The monoisotopic (exact) mass is 410 g/mol. The van der Waals surface area contributed by atoms with E-state index in [1.54, 1.807) is 0 Å². The van der Waals surface area contributed by atoms with Crippen LogP contribution in [0.2, 0.25) is 0 Å². The Morgan fingerprint density at radius 2 is 2.00 bits per heavy atom. The van der Waals surface area contributed by atoms with E-state index in [-0.39, 0.29) is 18.0 Å². The number of thiophene rings is 1. The van der Waals surface area contributed by atoms with Crippen LogP contribution in [0.4, 0.5) is 0 Å². The standard InChI is InChI=1S/C22H26N4O2S/c1-13-9-14(2)24-21-18(13)19-20(29-21)22(28)26(12-23-19)11-17(27)25-8-7-15-5-3-4-6-16(15)10-25/h9,12,15-16H,3-8,10-11H2,1-2H3/t15-,16-/m1/s1. The summed E-state index contributed by atoms with van der Waals surface area (Å²) in [6.07, 6.45) is 7.78. The van der Waals surface area contributed by atoms with E-state index in [1.807, 2.05) is 24.8 Å². The summed E-state index contributed by atoms with van der Waals surface area (Å²) in [5, 5.41) is 0.950. The lowest BCUT2D eigenvalue weighted by atomic mass is 9.75. The fourth-order valence-corrected chi connectivity index (χ4v) is 6.39. The number of aryl methyl sites for hydroxylation is 2. The average Bonchev–Trinajstić information content (AvgIpc) is 3.09. The number of carbonyl (C=O) groups is 1. The third-order valence-corrected chi connectivity index (χ3v) is 7.75.